The summed E-state index contributed by atoms with van der Waals surface area (Å²) in [6.45, 7) is 8.87. The topological polar surface area (TPSA) is 59.1 Å². The van der Waals surface area contributed by atoms with Crippen LogP contribution in [-0.2, 0) is 0 Å². The SMILES string of the molecule is CCOc1ccc2c3c(ccc(OCC)c13)C(=O)N(CCN(C)CCSCC)C2=O. The van der Waals surface area contributed by atoms with Crippen molar-refractivity contribution in [3.8, 4) is 11.5 Å². The number of hydrogen-bond acceptors (Lipinski definition) is 6. The van der Waals surface area contributed by atoms with E-state index in [4.69, 9.17) is 9.47 Å². The molecule has 1 heterocycles. The fraction of sp³-hybridized carbons (Fsp3) is 0.478. The second-order valence-corrected chi connectivity index (χ2v) is 8.49. The van der Waals surface area contributed by atoms with E-state index in [0.29, 0.717) is 59.7 Å². The van der Waals surface area contributed by atoms with E-state index in [1.54, 1.807) is 24.3 Å². The van der Waals surface area contributed by atoms with Crippen molar-refractivity contribution >= 4 is 34.3 Å². The molecule has 0 atom stereocenters. The summed E-state index contributed by atoms with van der Waals surface area (Å²) in [6, 6.07) is 7.12. The van der Waals surface area contributed by atoms with Gasteiger partial charge in [-0.25, -0.2) is 0 Å². The molecule has 0 aromatic heterocycles. The van der Waals surface area contributed by atoms with Crippen molar-refractivity contribution in [3.63, 3.8) is 0 Å². The molecule has 0 fully saturated rings. The molecule has 0 saturated heterocycles. The Kier molecular flexibility index (Phi) is 7.61. The highest BCUT2D eigenvalue weighted by molar-refractivity contribution is 7.99. The second kappa shape index (κ2) is 10.2. The summed E-state index contributed by atoms with van der Waals surface area (Å²) >= 11 is 1.88. The van der Waals surface area contributed by atoms with E-state index in [9.17, 15) is 9.59 Å². The maximum Gasteiger partial charge on any atom is 0.261 e. The number of amides is 2. The number of likely N-dealkylation sites (N-methyl/N-ethyl adjacent to an activating group) is 1. The molecule has 0 spiro atoms. The van der Waals surface area contributed by atoms with E-state index >= 15 is 0 Å². The fourth-order valence-electron chi connectivity index (χ4n) is 3.67. The number of carbonyl (C=O) groups is 2. The molecule has 1 aliphatic heterocycles. The number of nitrogens with zero attached hydrogens (tertiary/aromatic N) is 2. The summed E-state index contributed by atoms with van der Waals surface area (Å²) < 4.78 is 11.6. The third-order valence-electron chi connectivity index (χ3n) is 5.16. The van der Waals surface area contributed by atoms with E-state index in [0.717, 1.165) is 18.1 Å². The first kappa shape index (κ1) is 22.4. The van der Waals surface area contributed by atoms with Gasteiger partial charge >= 0.3 is 0 Å². The average molecular weight is 431 g/mol. The van der Waals surface area contributed by atoms with Crippen molar-refractivity contribution < 1.29 is 19.1 Å². The van der Waals surface area contributed by atoms with Gasteiger partial charge < -0.3 is 14.4 Å². The van der Waals surface area contributed by atoms with E-state index in [1.807, 2.05) is 32.7 Å². The van der Waals surface area contributed by atoms with Crippen LogP contribution in [0.15, 0.2) is 24.3 Å². The van der Waals surface area contributed by atoms with Gasteiger partial charge in [0.1, 0.15) is 11.5 Å². The van der Waals surface area contributed by atoms with Crippen molar-refractivity contribution in [2.24, 2.45) is 0 Å². The Morgan fingerprint density at radius 1 is 0.867 bits per heavy atom. The lowest BCUT2D eigenvalue weighted by Crippen LogP contribution is -2.44. The molecular weight excluding hydrogens is 400 g/mol. The van der Waals surface area contributed by atoms with Crippen LogP contribution < -0.4 is 9.47 Å². The largest absolute Gasteiger partial charge is 0.493 e. The molecule has 0 unspecified atom stereocenters. The lowest BCUT2D eigenvalue weighted by atomic mass is 9.92. The van der Waals surface area contributed by atoms with Crippen molar-refractivity contribution in [2.45, 2.75) is 20.8 Å². The number of rotatable bonds is 11. The molecule has 0 aliphatic carbocycles. The van der Waals surface area contributed by atoms with Crippen LogP contribution in [0.2, 0.25) is 0 Å². The maximum absolute atomic E-state index is 13.2. The van der Waals surface area contributed by atoms with E-state index in [2.05, 4.69) is 11.8 Å². The van der Waals surface area contributed by atoms with Crippen LogP contribution in [0, 0.1) is 0 Å². The highest BCUT2D eigenvalue weighted by atomic mass is 32.2. The first-order valence-corrected chi connectivity index (χ1v) is 11.7. The molecule has 0 bridgehead atoms. The fourth-order valence-corrected chi connectivity index (χ4v) is 4.40. The van der Waals surface area contributed by atoms with Crippen molar-refractivity contribution in [1.29, 1.82) is 0 Å². The van der Waals surface area contributed by atoms with E-state index in [-0.39, 0.29) is 11.8 Å². The Morgan fingerprint density at radius 3 is 1.93 bits per heavy atom. The molecule has 0 radical (unpaired) electrons. The van der Waals surface area contributed by atoms with Crippen molar-refractivity contribution in [3.05, 3.63) is 35.4 Å². The number of thioether (sulfide) groups is 1. The van der Waals surface area contributed by atoms with Crippen LogP contribution >= 0.6 is 11.8 Å². The number of ether oxygens (including phenoxy) is 2. The molecule has 7 heteroatoms. The third-order valence-corrected chi connectivity index (χ3v) is 6.04. The van der Waals surface area contributed by atoms with Crippen molar-refractivity contribution in [1.82, 2.24) is 9.80 Å². The van der Waals surface area contributed by atoms with Gasteiger partial charge in [-0.2, -0.15) is 11.8 Å². The van der Waals surface area contributed by atoms with Crippen LogP contribution in [0.5, 0.6) is 11.5 Å². The molecule has 162 valence electrons. The Morgan fingerprint density at radius 2 is 1.43 bits per heavy atom. The summed E-state index contributed by atoms with van der Waals surface area (Å²) in [7, 11) is 2.02. The molecule has 3 rings (SSSR count). The molecule has 2 aromatic rings. The number of imide groups is 1. The van der Waals surface area contributed by atoms with Gasteiger partial charge in [-0.1, -0.05) is 6.92 Å². The summed E-state index contributed by atoms with van der Waals surface area (Å²) in [5, 5.41) is 1.33. The smallest absolute Gasteiger partial charge is 0.261 e. The molecule has 6 nitrogen and oxygen atoms in total. The maximum atomic E-state index is 13.2. The van der Waals surface area contributed by atoms with Gasteiger partial charge in [-0.05, 0) is 50.9 Å². The van der Waals surface area contributed by atoms with Gasteiger partial charge in [0, 0.05) is 41.9 Å². The van der Waals surface area contributed by atoms with Gasteiger partial charge in [-0.15, -0.1) is 0 Å². The minimum Gasteiger partial charge on any atom is -0.493 e. The zero-order valence-corrected chi connectivity index (χ0v) is 19.0. The Balaban J connectivity index is 1.94. The summed E-state index contributed by atoms with van der Waals surface area (Å²) in [6.07, 6.45) is 0. The van der Waals surface area contributed by atoms with E-state index in [1.165, 1.54) is 4.90 Å². The van der Waals surface area contributed by atoms with Crippen LogP contribution in [0.3, 0.4) is 0 Å². The molecule has 30 heavy (non-hydrogen) atoms. The molecule has 1 aliphatic rings. The van der Waals surface area contributed by atoms with Gasteiger partial charge in [0.25, 0.3) is 11.8 Å². The van der Waals surface area contributed by atoms with Gasteiger partial charge in [0.05, 0.1) is 18.6 Å². The van der Waals surface area contributed by atoms with Gasteiger partial charge in [0.2, 0.25) is 0 Å². The molecule has 2 amide bonds. The summed E-state index contributed by atoms with van der Waals surface area (Å²) in [4.78, 5) is 30.0. The van der Waals surface area contributed by atoms with Crippen LogP contribution in [0.4, 0.5) is 0 Å². The normalized spacial score (nSPS) is 13.4. The Bertz CT molecular complexity index is 870. The first-order valence-electron chi connectivity index (χ1n) is 10.5. The van der Waals surface area contributed by atoms with Gasteiger partial charge in [0.15, 0.2) is 0 Å². The second-order valence-electron chi connectivity index (χ2n) is 7.10. The quantitative estimate of drug-likeness (QED) is 0.398. The Labute approximate surface area is 182 Å². The highest BCUT2D eigenvalue weighted by Crippen LogP contribution is 2.41. The third kappa shape index (κ3) is 4.42. The zero-order valence-electron chi connectivity index (χ0n) is 18.2. The van der Waals surface area contributed by atoms with Crippen LogP contribution in [0.1, 0.15) is 41.5 Å². The zero-order chi connectivity index (χ0) is 21.7. The number of hydrogen-bond donors (Lipinski definition) is 0. The first-order chi connectivity index (χ1) is 14.5. The van der Waals surface area contributed by atoms with Crippen LogP contribution in [-0.4, -0.2) is 73.0 Å². The lowest BCUT2D eigenvalue weighted by molar-refractivity contribution is 0.0598. The average Bonchev–Trinajstić information content (AvgIpc) is 2.73. The molecule has 0 saturated carbocycles. The molecule has 0 N–H and O–H groups in total. The molecular formula is C23H30N2O4S. The lowest BCUT2D eigenvalue weighted by Gasteiger charge is -2.29. The Hall–Kier alpha value is -2.25. The standard InChI is InChI=1S/C23H30N2O4S/c1-5-28-18-10-8-16-20-17(9-11-19(21(18)20)29-6-2)23(27)25(22(16)26)13-12-24(4)14-15-30-7-3/h8-11H,5-7,12-15H2,1-4H3. The minimum atomic E-state index is -0.259. The number of benzene rings is 2. The summed E-state index contributed by atoms with van der Waals surface area (Å²) in [5.41, 5.74) is 1.04. The predicted octanol–water partition coefficient (Wildman–Crippen LogP) is 3.92. The monoisotopic (exact) mass is 430 g/mol. The highest BCUT2D eigenvalue weighted by Gasteiger charge is 2.34. The number of carbonyl (C=O) groups excluding carboxylic acids is 2. The molecule has 2 aromatic carbocycles. The predicted molar refractivity (Wildman–Crippen MR) is 122 cm³/mol. The van der Waals surface area contributed by atoms with Crippen molar-refractivity contribution in [2.75, 3.05) is 51.4 Å². The van der Waals surface area contributed by atoms with E-state index < -0.39 is 0 Å². The minimum absolute atomic E-state index is 0.259. The van der Waals surface area contributed by atoms with Gasteiger partial charge in [-0.3, -0.25) is 14.5 Å². The summed E-state index contributed by atoms with van der Waals surface area (Å²) in [5.74, 6) is 2.87. The van der Waals surface area contributed by atoms with Crippen LogP contribution in [0.25, 0.3) is 10.8 Å².